The van der Waals surface area contributed by atoms with Crippen LogP contribution in [-0.4, -0.2) is 145 Å². The van der Waals surface area contributed by atoms with E-state index in [2.05, 4.69) is 329 Å². The Morgan fingerprint density at radius 1 is 0.260 bits per heavy atom. The second kappa shape index (κ2) is 100. The molecule has 11 nitrogen and oxygen atoms in total. The number of carbonyl (C=O) groups is 5. The van der Waals surface area contributed by atoms with Crippen LogP contribution in [-0.2, 0) is 51.5 Å². The third-order valence-corrected chi connectivity index (χ3v) is 65.1. The molecular weight excluding hydrogens is 1970 g/mol. The minimum Gasteiger partial charge on any atom is -0.519 e. The summed E-state index contributed by atoms with van der Waals surface area (Å²) in [6.45, 7) is 145. The molecule has 0 spiro atoms. The predicted molar refractivity (Wildman–Crippen MR) is 739 cm³/mol. The molecule has 0 radical (unpaired) electrons. The number of carbonyl (C=O) groups excluding carboxylic acids is 5. The number of hydrogen-bond donors (Lipinski definition) is 0. The molecule has 0 aliphatic heterocycles. The molecule has 22 heteroatoms. The van der Waals surface area contributed by atoms with E-state index in [1.54, 1.807) is 0 Å². The first-order valence-corrected chi connectivity index (χ1v) is 87.9. The molecule has 0 aromatic rings. The van der Waals surface area contributed by atoms with E-state index in [4.69, 9.17) is 27.5 Å². The Morgan fingerprint density at radius 3 is 0.699 bits per heavy atom. The molecule has 0 saturated heterocycles. The molecule has 0 saturated carbocycles. The first kappa shape index (κ1) is 228. The van der Waals surface area contributed by atoms with Gasteiger partial charge in [0.25, 0.3) is 14.3 Å². The van der Waals surface area contributed by atoms with Gasteiger partial charge >= 0.3 is 23.9 Å². The Labute approximate surface area is 954 Å². The molecule has 146 heavy (non-hydrogen) atoms. The van der Waals surface area contributed by atoms with Gasteiger partial charge in [0.05, 0.1) is 68.9 Å². The molecule has 0 rings (SSSR count). The fourth-order valence-electron chi connectivity index (χ4n) is 11.5. The minimum atomic E-state index is -1.94. The van der Waals surface area contributed by atoms with E-state index in [0.29, 0.717) is 47.3 Å². The van der Waals surface area contributed by atoms with Gasteiger partial charge in [-0.1, -0.05) is 523 Å². The Hall–Kier alpha value is -0.304. The average molecular weight is 2300 g/mol. The fourth-order valence-corrected chi connectivity index (χ4v) is 36.0. The predicted octanol–water partition coefficient (Wildman–Crippen LogP) is 50.1. The number of rotatable bonds is 40. The highest BCUT2D eigenvalue weighted by Crippen LogP contribution is 2.46. The smallest absolute Gasteiger partial charge is 0.311 e. The lowest BCUT2D eigenvalue weighted by Gasteiger charge is -2.42. The van der Waals surface area contributed by atoms with Crippen LogP contribution in [0.4, 0.5) is 0 Å². The van der Waals surface area contributed by atoms with Crippen LogP contribution in [0.15, 0.2) is 0 Å². The molecule has 0 aromatic carbocycles. The summed E-state index contributed by atoms with van der Waals surface area (Å²) in [6.07, 6.45) is 14.6. The maximum Gasteiger partial charge on any atom is 0.311 e. The van der Waals surface area contributed by atoms with Crippen molar-refractivity contribution >= 4 is 119 Å². The van der Waals surface area contributed by atoms with E-state index >= 15 is 0 Å². The van der Waals surface area contributed by atoms with Crippen molar-refractivity contribution in [1.29, 1.82) is 0 Å². The van der Waals surface area contributed by atoms with Gasteiger partial charge in [0.2, 0.25) is 0 Å². The molecule has 0 heterocycles. The average Bonchev–Trinajstić information content (AvgIpc) is 0.796. The van der Waals surface area contributed by atoms with Crippen molar-refractivity contribution in [2.75, 3.05) is 25.7 Å². The van der Waals surface area contributed by atoms with Gasteiger partial charge in [-0.15, -0.1) is 0 Å². The van der Waals surface area contributed by atoms with Crippen LogP contribution in [0.25, 0.3) is 0 Å². The van der Waals surface area contributed by atoms with Crippen molar-refractivity contribution in [2.45, 2.75) is 726 Å². The Bertz CT molecular complexity index is 2780. The summed E-state index contributed by atoms with van der Waals surface area (Å²) in [5, 5.41) is 0.648. The summed E-state index contributed by atoms with van der Waals surface area (Å²) in [6, 6.07) is 5.27. The molecule has 926 valence electrons. The normalized spacial score (nSPS) is 12.3. The van der Waals surface area contributed by atoms with Crippen molar-refractivity contribution in [2.24, 2.45) is 38.9 Å². The van der Waals surface area contributed by atoms with E-state index in [1.807, 2.05) is 104 Å². The molecule has 0 aromatic heterocycles. The molecule has 0 aliphatic carbocycles. The van der Waals surface area contributed by atoms with Gasteiger partial charge < -0.3 is 27.5 Å². The lowest BCUT2D eigenvalue weighted by molar-refractivity contribution is -0.154. The zero-order valence-corrected chi connectivity index (χ0v) is 110. The van der Waals surface area contributed by atoms with Gasteiger partial charge in [-0.25, -0.2) is 0 Å². The lowest BCUT2D eigenvalue weighted by atomic mass is 9.91. The molecule has 5 unspecified atom stereocenters. The Morgan fingerprint density at radius 2 is 0.514 bits per heavy atom. The van der Waals surface area contributed by atoms with Gasteiger partial charge in [0, 0.05) is 40.4 Å². The Kier molecular flexibility index (Phi) is 156. The molecule has 5 atom stereocenters. The Balaban J connectivity index is -0.0000000363. The molecule has 0 bridgehead atoms. The van der Waals surface area contributed by atoms with Crippen LogP contribution in [0, 0.1) is 38.9 Å². The van der Waals surface area contributed by atoms with Crippen molar-refractivity contribution in [1.82, 2.24) is 0 Å². The van der Waals surface area contributed by atoms with Crippen LogP contribution >= 0.6 is 0 Å². The highest BCUT2D eigenvalue weighted by molar-refractivity contribution is 6.85. The molecule has 0 fully saturated rings. The number of esters is 4. The van der Waals surface area contributed by atoms with E-state index in [1.165, 1.54) is 56.7 Å². The number of hydrogen-bond acceptors (Lipinski definition) is 11. The summed E-state index contributed by atoms with van der Waals surface area (Å²) >= 11 is 0. The maximum absolute atomic E-state index is 12.2. The highest BCUT2D eigenvalue weighted by Gasteiger charge is 2.46. The van der Waals surface area contributed by atoms with Gasteiger partial charge in [-0.05, 0) is 215 Å². The molecule has 0 aliphatic rings. The van der Waals surface area contributed by atoms with Gasteiger partial charge in [-0.3, -0.25) is 24.0 Å². The number of ether oxygens (including phenoxy) is 4. The second-order valence-electron chi connectivity index (χ2n) is 53.8. The summed E-state index contributed by atoms with van der Waals surface area (Å²) < 4.78 is 33.6. The second-order valence-corrected chi connectivity index (χ2v) is 113. The van der Waals surface area contributed by atoms with Gasteiger partial charge in [0.15, 0.2) is 16.6 Å². The maximum atomic E-state index is 12.2. The van der Waals surface area contributed by atoms with E-state index in [0.717, 1.165) is 73.0 Å². The fraction of sp³-hybridized carbons (Fsp3) is 0.960. The monoisotopic (exact) mass is 2290 g/mol. The minimum absolute atomic E-state index is 0. The first-order valence-electron chi connectivity index (χ1n) is 51.0. The van der Waals surface area contributed by atoms with Gasteiger partial charge in [0.1, 0.15) is 8.07 Å². The zero-order valence-electron chi connectivity index (χ0n) is 98.8. The van der Waals surface area contributed by atoms with Crippen LogP contribution < -0.4 is 0 Å². The molecule has 0 amide bonds. The topological polar surface area (TPSA) is 141 Å². The third kappa shape index (κ3) is 118. The zero-order chi connectivity index (χ0) is 104. The summed E-state index contributed by atoms with van der Waals surface area (Å²) in [5.74, 6) is 1.66. The quantitative estimate of drug-likeness (QED) is 0.0251. The van der Waals surface area contributed by atoms with Crippen LogP contribution in [0.5, 0.6) is 0 Å². The largest absolute Gasteiger partial charge is 0.519 e. The summed E-state index contributed by atoms with van der Waals surface area (Å²) in [5.41, 5.74) is 2.94. The summed E-state index contributed by atoms with van der Waals surface area (Å²) in [4.78, 5) is 58.9. The first-order chi connectivity index (χ1) is 55.3. The standard InChI is InChI=1S/C16H34O2Si.2C12H26O2Si.C11H24O2Si.C10H22O2Si.C10H24Si.C9H24OSi2.C9H22Si.C8H20Si.C7H18Si.20CH4/c1-10-16(8,9)15(17)18-11-19(12(2)3,13(4)5)14(6)7;1-9-12(5,6)10(13)14-15(7,8)11(2,3)4;1-7-12(2,3)11(13)14-9-8-10-15(4,5)6;1-7-11(2,3)10(12)13-8-9-14(4,5)6;1-7-10(2,3)9(11)12-8-13(4,5)6;1-8-9(2)11(6,7)10(3,4)5;1-8-9(2)12(6,7)10-11(3,4)5;1-6-9(2)7-8-10(3,4)5;1-6-8(2)7-9(3,4)5;1-6-7(2)8(3,4)5;;;;;;;;;;;;;;;;;;;;/h12-14H,10-11H2,1-9H3;9H2,1-8H3;7-10H2,1-6H3;7-9H2,1-6H3;7-8H2,1-6H3;9H,8H2,1-7H3;9H,8H2,1-7H3;9H,6-8H2,1-5H3;8H,6-7H2,1-5H3;7H,6H2,1-5H3;20*1H4. The van der Waals surface area contributed by atoms with Crippen LogP contribution in [0.3, 0.4) is 0 Å². The van der Waals surface area contributed by atoms with Crippen LogP contribution in [0.2, 0.25) is 244 Å². The van der Waals surface area contributed by atoms with Crippen molar-refractivity contribution < 1.29 is 51.5 Å². The highest BCUT2D eigenvalue weighted by atomic mass is 28.4. The molecular formula is C124H320O11Si11. The van der Waals surface area contributed by atoms with E-state index < -0.39 is 89.5 Å². The van der Waals surface area contributed by atoms with Crippen LogP contribution in [0.1, 0.15) is 482 Å². The van der Waals surface area contributed by atoms with E-state index in [9.17, 15) is 24.0 Å². The SMILES string of the molecule is C.C.C.C.C.C.C.C.C.C.C.C.C.C.C.C.C.C.C.C.CCC(C)(C)C(=O)OCCC[Si](C)(C)C.CCC(C)(C)C(=O)OCC[Si](C)(C)C.CCC(C)(C)C(=O)OC[Si](C(C)C)(C(C)C)C(C)C.CCC(C)(C)C(=O)OC[Si](C)(C)C.CCC(C)(C)C(=O)O[Si](C)(C)C(C)(C)C.CCC(C)CC[Si](C)(C)C.CCC(C)C[Si](C)(C)C.CCC(C)[Si](C)(C)C.CCC(C)[Si](C)(C)C(C)(C)C.CCC(C)[Si](C)(C)O[Si](C)(C)C. The van der Waals surface area contributed by atoms with Crippen molar-refractivity contribution in [3.8, 4) is 0 Å². The summed E-state index contributed by atoms with van der Waals surface area (Å²) in [7, 11) is -12.8. The third-order valence-electron chi connectivity index (χ3n) is 28.0. The lowest BCUT2D eigenvalue weighted by Crippen LogP contribution is -2.50. The van der Waals surface area contributed by atoms with Gasteiger partial charge in [-0.2, -0.15) is 0 Å². The van der Waals surface area contributed by atoms with E-state index in [-0.39, 0.29) is 210 Å². The van der Waals surface area contributed by atoms with Crippen molar-refractivity contribution in [3.63, 3.8) is 0 Å². The molecule has 0 N–H and O–H groups in total. The van der Waals surface area contributed by atoms with Crippen molar-refractivity contribution in [3.05, 3.63) is 0 Å².